The highest BCUT2D eigenvalue weighted by Crippen LogP contribution is 2.23. The van der Waals surface area contributed by atoms with Gasteiger partial charge < -0.3 is 10.2 Å². The topological polar surface area (TPSA) is 89.4 Å². The van der Waals surface area contributed by atoms with Crippen LogP contribution in [-0.4, -0.2) is 36.8 Å². The van der Waals surface area contributed by atoms with Crippen LogP contribution in [0.2, 0.25) is 0 Å². The van der Waals surface area contributed by atoms with E-state index >= 15 is 0 Å². The molecule has 1 atom stereocenters. The molecule has 0 radical (unpaired) electrons. The van der Waals surface area contributed by atoms with Crippen LogP contribution in [-0.2, 0) is 10.0 Å². The van der Waals surface area contributed by atoms with E-state index < -0.39 is 10.0 Å². The molecular weight excluding hydrogens is 266 g/mol. The van der Waals surface area contributed by atoms with Gasteiger partial charge in [0.15, 0.2) is 5.58 Å². The molecule has 0 aliphatic carbocycles. The molecule has 1 saturated heterocycles. The van der Waals surface area contributed by atoms with Crippen molar-refractivity contribution in [2.45, 2.75) is 24.1 Å². The number of hydrogen-bond acceptors (Lipinski definition) is 5. The zero-order valence-corrected chi connectivity index (χ0v) is 11.1. The van der Waals surface area contributed by atoms with Gasteiger partial charge >= 0.3 is 5.22 Å². The summed E-state index contributed by atoms with van der Waals surface area (Å²) >= 11 is 0. The normalized spacial score (nSPS) is 21.8. The van der Waals surface area contributed by atoms with Crippen LogP contribution in [0.4, 0.5) is 0 Å². The molecule has 19 heavy (non-hydrogen) atoms. The molecule has 0 bridgehead atoms. The van der Waals surface area contributed by atoms with Crippen molar-refractivity contribution in [2.24, 2.45) is 5.73 Å². The van der Waals surface area contributed by atoms with E-state index in [4.69, 9.17) is 10.2 Å². The summed E-state index contributed by atoms with van der Waals surface area (Å²) in [6.07, 6.45) is 1.61. The molecule has 2 heterocycles. The summed E-state index contributed by atoms with van der Waals surface area (Å²) < 4.78 is 31.5. The maximum Gasteiger partial charge on any atom is 0.332 e. The molecule has 1 fully saturated rings. The maximum absolute atomic E-state index is 12.4. The average Bonchev–Trinajstić information content (AvgIpc) is 2.83. The summed E-state index contributed by atoms with van der Waals surface area (Å²) in [5, 5.41) is -0.247. The SMILES string of the molecule is N[C@@H]1CCCN(S(=O)(=O)c2nc3ccccc3o2)C1. The number of oxazole rings is 1. The Bertz CT molecular complexity index is 662. The molecule has 2 aromatic rings. The van der Waals surface area contributed by atoms with E-state index in [-0.39, 0.29) is 11.3 Å². The van der Waals surface area contributed by atoms with E-state index in [1.807, 2.05) is 0 Å². The van der Waals surface area contributed by atoms with Gasteiger partial charge in [-0.15, -0.1) is 0 Å². The molecule has 6 nitrogen and oxygen atoms in total. The van der Waals surface area contributed by atoms with Crippen molar-refractivity contribution in [2.75, 3.05) is 13.1 Å². The van der Waals surface area contributed by atoms with Gasteiger partial charge in [0.25, 0.3) is 10.0 Å². The second-order valence-corrected chi connectivity index (χ2v) is 6.53. The van der Waals surface area contributed by atoms with Crippen molar-refractivity contribution in [3.8, 4) is 0 Å². The van der Waals surface area contributed by atoms with Gasteiger partial charge in [0.2, 0.25) is 0 Å². The molecule has 1 aliphatic heterocycles. The zero-order valence-electron chi connectivity index (χ0n) is 10.3. The lowest BCUT2D eigenvalue weighted by atomic mass is 10.1. The number of hydrogen-bond donors (Lipinski definition) is 1. The zero-order chi connectivity index (χ0) is 13.5. The van der Waals surface area contributed by atoms with E-state index in [1.165, 1.54) is 4.31 Å². The Morgan fingerprint density at radius 3 is 2.89 bits per heavy atom. The summed E-state index contributed by atoms with van der Waals surface area (Å²) in [7, 11) is -3.68. The fourth-order valence-electron chi connectivity index (χ4n) is 2.26. The van der Waals surface area contributed by atoms with Crippen molar-refractivity contribution < 1.29 is 12.8 Å². The van der Waals surface area contributed by atoms with Crippen LogP contribution in [0.1, 0.15) is 12.8 Å². The van der Waals surface area contributed by atoms with Gasteiger partial charge in [0.05, 0.1) is 0 Å². The van der Waals surface area contributed by atoms with Crippen molar-refractivity contribution in [3.05, 3.63) is 24.3 Å². The largest absolute Gasteiger partial charge is 0.427 e. The highest BCUT2D eigenvalue weighted by Gasteiger charge is 2.32. The Morgan fingerprint density at radius 1 is 1.37 bits per heavy atom. The first-order valence-corrected chi connectivity index (χ1v) is 7.63. The Morgan fingerprint density at radius 2 is 2.16 bits per heavy atom. The molecule has 0 saturated carbocycles. The Balaban J connectivity index is 1.99. The Hall–Kier alpha value is -1.44. The lowest BCUT2D eigenvalue weighted by Crippen LogP contribution is -2.45. The van der Waals surface area contributed by atoms with Crippen LogP contribution in [0.15, 0.2) is 33.9 Å². The first-order chi connectivity index (χ1) is 9.07. The van der Waals surface area contributed by atoms with Crippen LogP contribution in [0.5, 0.6) is 0 Å². The molecule has 1 aromatic carbocycles. The number of fused-ring (bicyclic) bond motifs is 1. The molecule has 1 aliphatic rings. The predicted molar refractivity (Wildman–Crippen MR) is 70.0 cm³/mol. The number of rotatable bonds is 2. The van der Waals surface area contributed by atoms with Gasteiger partial charge in [-0.1, -0.05) is 12.1 Å². The van der Waals surface area contributed by atoms with Gasteiger partial charge in [0, 0.05) is 19.1 Å². The van der Waals surface area contributed by atoms with E-state index in [2.05, 4.69) is 4.98 Å². The lowest BCUT2D eigenvalue weighted by molar-refractivity contribution is 0.305. The molecule has 102 valence electrons. The second kappa shape index (κ2) is 4.59. The van der Waals surface area contributed by atoms with Gasteiger partial charge in [-0.2, -0.15) is 9.29 Å². The number of nitrogens with two attached hydrogens (primary N) is 1. The number of benzene rings is 1. The van der Waals surface area contributed by atoms with Crippen molar-refractivity contribution in [3.63, 3.8) is 0 Å². The van der Waals surface area contributed by atoms with Gasteiger partial charge in [0.1, 0.15) is 5.52 Å². The fourth-order valence-corrected chi connectivity index (χ4v) is 3.65. The van der Waals surface area contributed by atoms with Crippen molar-refractivity contribution in [1.29, 1.82) is 0 Å². The molecule has 1 aromatic heterocycles. The minimum Gasteiger partial charge on any atom is -0.427 e. The molecule has 0 spiro atoms. The summed E-state index contributed by atoms with van der Waals surface area (Å²) in [6, 6.07) is 6.87. The smallest absolute Gasteiger partial charge is 0.332 e. The monoisotopic (exact) mass is 281 g/mol. The Kier molecular flexibility index (Phi) is 3.04. The number of sulfonamides is 1. The standard InChI is InChI=1S/C12H15N3O3S/c13-9-4-3-7-15(8-9)19(16,17)12-14-10-5-1-2-6-11(10)18-12/h1-2,5-6,9H,3-4,7-8,13H2/t9-/m1/s1. The van der Waals surface area contributed by atoms with Crippen LogP contribution in [0.3, 0.4) is 0 Å². The molecular formula is C12H15N3O3S. The summed E-state index contributed by atoms with van der Waals surface area (Å²) in [6.45, 7) is 0.788. The molecule has 2 N–H and O–H groups in total. The van der Waals surface area contributed by atoms with E-state index in [9.17, 15) is 8.42 Å². The number of piperidine rings is 1. The van der Waals surface area contributed by atoms with Crippen molar-refractivity contribution >= 4 is 21.1 Å². The van der Waals surface area contributed by atoms with Crippen LogP contribution < -0.4 is 5.73 Å². The van der Waals surface area contributed by atoms with E-state index in [0.29, 0.717) is 24.2 Å². The lowest BCUT2D eigenvalue weighted by Gasteiger charge is -2.28. The minimum absolute atomic E-state index is 0.118. The molecule has 7 heteroatoms. The highest BCUT2D eigenvalue weighted by atomic mass is 32.2. The molecule has 0 unspecified atom stereocenters. The van der Waals surface area contributed by atoms with E-state index in [1.54, 1.807) is 24.3 Å². The highest BCUT2D eigenvalue weighted by molar-refractivity contribution is 7.88. The van der Waals surface area contributed by atoms with Gasteiger partial charge in [-0.3, -0.25) is 0 Å². The first kappa shape index (κ1) is 12.6. The quantitative estimate of drug-likeness (QED) is 0.884. The maximum atomic E-state index is 12.4. The van der Waals surface area contributed by atoms with Gasteiger partial charge in [-0.25, -0.2) is 8.42 Å². The summed E-state index contributed by atoms with van der Waals surface area (Å²) in [5.74, 6) is 0. The third kappa shape index (κ3) is 2.24. The fraction of sp³-hybridized carbons (Fsp3) is 0.417. The summed E-state index contributed by atoms with van der Waals surface area (Å²) in [4.78, 5) is 4.05. The van der Waals surface area contributed by atoms with Crippen LogP contribution in [0, 0.1) is 0 Å². The third-order valence-corrected chi connectivity index (χ3v) is 4.88. The third-order valence-electron chi connectivity index (χ3n) is 3.26. The first-order valence-electron chi connectivity index (χ1n) is 6.19. The average molecular weight is 281 g/mol. The molecule has 3 rings (SSSR count). The minimum atomic E-state index is -3.68. The predicted octanol–water partition coefficient (Wildman–Crippen LogP) is 0.940. The second-order valence-electron chi connectivity index (χ2n) is 4.71. The number of aromatic nitrogens is 1. The van der Waals surface area contributed by atoms with Crippen LogP contribution >= 0.6 is 0 Å². The Labute approximate surface area is 111 Å². The van der Waals surface area contributed by atoms with E-state index in [0.717, 1.165) is 12.8 Å². The number of nitrogens with zero attached hydrogens (tertiary/aromatic N) is 2. The van der Waals surface area contributed by atoms with Crippen LogP contribution in [0.25, 0.3) is 11.1 Å². The van der Waals surface area contributed by atoms with Gasteiger partial charge in [-0.05, 0) is 25.0 Å². The van der Waals surface area contributed by atoms with Crippen molar-refractivity contribution in [1.82, 2.24) is 9.29 Å². The number of para-hydroxylation sites is 2. The summed E-state index contributed by atoms with van der Waals surface area (Å²) in [5.41, 5.74) is 6.84. The molecule has 0 amide bonds.